The molecule has 8 heteroatoms. The van der Waals surface area contributed by atoms with Gasteiger partial charge in [-0.1, -0.05) is 41.7 Å². The quantitative estimate of drug-likeness (QED) is 0.586. The van der Waals surface area contributed by atoms with Crippen LogP contribution in [0.5, 0.6) is 11.5 Å². The monoisotopic (exact) mass is 436 g/mol. The third-order valence-corrected chi connectivity index (χ3v) is 6.73. The van der Waals surface area contributed by atoms with Crippen LogP contribution in [0.1, 0.15) is 24.1 Å². The maximum Gasteiger partial charge on any atom is 0.317 e. The van der Waals surface area contributed by atoms with Crippen molar-refractivity contribution in [3.63, 3.8) is 0 Å². The van der Waals surface area contributed by atoms with Crippen molar-refractivity contribution in [2.75, 3.05) is 14.2 Å². The predicted octanol–water partition coefficient (Wildman–Crippen LogP) is 1.87. The first-order chi connectivity index (χ1) is 14.9. The molecule has 0 radical (unpaired) electrons. The summed E-state index contributed by atoms with van der Waals surface area (Å²) in [6.45, 7) is 1.76. The van der Waals surface area contributed by atoms with E-state index < -0.39 is 23.7 Å². The molecule has 2 aliphatic heterocycles. The number of hydrogen-bond acceptors (Lipinski definition) is 7. The SMILES string of the molecule is COC(=O)C1C2c3ccccc3O[C@]1(C)N=c1sc(=Cc3ccc(OC)cc3)c(=O)n12. The van der Waals surface area contributed by atoms with Crippen LogP contribution in [-0.4, -0.2) is 30.5 Å². The van der Waals surface area contributed by atoms with Gasteiger partial charge in [0.05, 0.1) is 24.8 Å². The van der Waals surface area contributed by atoms with Crippen LogP contribution in [0, 0.1) is 5.92 Å². The van der Waals surface area contributed by atoms with Gasteiger partial charge in [-0.25, -0.2) is 4.99 Å². The largest absolute Gasteiger partial charge is 0.497 e. The number of aromatic nitrogens is 1. The Morgan fingerprint density at radius 3 is 2.65 bits per heavy atom. The summed E-state index contributed by atoms with van der Waals surface area (Å²) in [5.41, 5.74) is 0.271. The summed E-state index contributed by atoms with van der Waals surface area (Å²) < 4.78 is 18.6. The van der Waals surface area contributed by atoms with Gasteiger partial charge in [0, 0.05) is 5.56 Å². The molecule has 0 saturated heterocycles. The highest BCUT2D eigenvalue weighted by Crippen LogP contribution is 2.47. The molecule has 2 bridgehead atoms. The Kier molecular flexibility index (Phi) is 4.48. The Morgan fingerprint density at radius 2 is 1.94 bits per heavy atom. The molecule has 0 aliphatic carbocycles. The van der Waals surface area contributed by atoms with Crippen LogP contribution in [0.4, 0.5) is 0 Å². The lowest BCUT2D eigenvalue weighted by atomic mass is 9.81. The number of ether oxygens (including phenoxy) is 3. The molecule has 7 nitrogen and oxygen atoms in total. The fraction of sp³-hybridized carbons (Fsp3) is 0.261. The fourth-order valence-electron chi connectivity index (χ4n) is 4.28. The zero-order valence-corrected chi connectivity index (χ0v) is 18.0. The molecule has 0 N–H and O–H groups in total. The molecular weight excluding hydrogens is 416 g/mol. The molecule has 31 heavy (non-hydrogen) atoms. The number of hydrogen-bond donors (Lipinski definition) is 0. The van der Waals surface area contributed by atoms with Gasteiger partial charge >= 0.3 is 5.97 Å². The molecule has 0 spiro atoms. The Labute approximate surface area is 181 Å². The fourth-order valence-corrected chi connectivity index (χ4v) is 5.38. The smallest absolute Gasteiger partial charge is 0.317 e. The van der Waals surface area contributed by atoms with E-state index in [0.717, 1.165) is 16.9 Å². The second-order valence-corrected chi connectivity index (χ2v) is 8.60. The summed E-state index contributed by atoms with van der Waals surface area (Å²) in [7, 11) is 2.94. The third kappa shape index (κ3) is 2.97. The highest BCUT2D eigenvalue weighted by Gasteiger charge is 2.55. The van der Waals surface area contributed by atoms with Gasteiger partial charge in [-0.15, -0.1) is 0 Å². The first kappa shape index (κ1) is 19.6. The van der Waals surface area contributed by atoms with Crippen LogP contribution in [0.2, 0.25) is 0 Å². The van der Waals surface area contributed by atoms with Crippen LogP contribution in [0.25, 0.3) is 6.08 Å². The van der Waals surface area contributed by atoms with Crippen molar-refractivity contribution >= 4 is 23.4 Å². The van der Waals surface area contributed by atoms with E-state index in [-0.39, 0.29) is 5.56 Å². The summed E-state index contributed by atoms with van der Waals surface area (Å²) in [4.78, 5) is 31.5. The Morgan fingerprint density at radius 1 is 1.19 bits per heavy atom. The summed E-state index contributed by atoms with van der Waals surface area (Å²) >= 11 is 1.28. The van der Waals surface area contributed by atoms with Gasteiger partial charge in [0.25, 0.3) is 5.56 Å². The molecular formula is C23H20N2O5S. The van der Waals surface area contributed by atoms with Crippen molar-refractivity contribution in [3.8, 4) is 11.5 Å². The molecule has 2 aromatic carbocycles. The molecule has 0 amide bonds. The molecule has 5 rings (SSSR count). The van der Waals surface area contributed by atoms with E-state index in [9.17, 15) is 9.59 Å². The van der Waals surface area contributed by atoms with Crippen LogP contribution in [0.3, 0.4) is 0 Å². The number of para-hydroxylation sites is 1. The van der Waals surface area contributed by atoms with Crippen molar-refractivity contribution in [2.45, 2.75) is 18.7 Å². The number of carbonyl (C=O) groups is 1. The van der Waals surface area contributed by atoms with E-state index in [2.05, 4.69) is 0 Å². The molecule has 3 aromatic rings. The van der Waals surface area contributed by atoms with Crippen molar-refractivity contribution < 1.29 is 19.0 Å². The Balaban J connectivity index is 1.75. The van der Waals surface area contributed by atoms with Gasteiger partial charge in [0.1, 0.15) is 17.4 Å². The number of methoxy groups -OCH3 is 2. The molecule has 3 atom stereocenters. The van der Waals surface area contributed by atoms with Crippen molar-refractivity contribution in [2.24, 2.45) is 10.9 Å². The van der Waals surface area contributed by atoms with Crippen molar-refractivity contribution in [1.29, 1.82) is 0 Å². The van der Waals surface area contributed by atoms with Crippen molar-refractivity contribution in [3.05, 3.63) is 79.3 Å². The zero-order valence-electron chi connectivity index (χ0n) is 17.2. The van der Waals surface area contributed by atoms with Crippen LogP contribution >= 0.6 is 11.3 Å². The highest BCUT2D eigenvalue weighted by atomic mass is 32.1. The van der Waals surface area contributed by atoms with E-state index in [1.54, 1.807) is 18.6 Å². The lowest BCUT2D eigenvalue weighted by Crippen LogP contribution is -2.58. The normalized spacial score (nSPS) is 23.8. The first-order valence-electron chi connectivity index (χ1n) is 9.78. The predicted molar refractivity (Wildman–Crippen MR) is 115 cm³/mol. The lowest BCUT2D eigenvalue weighted by Gasteiger charge is -2.44. The number of thiazole rings is 1. The third-order valence-electron chi connectivity index (χ3n) is 5.75. The van der Waals surface area contributed by atoms with E-state index >= 15 is 0 Å². The van der Waals surface area contributed by atoms with Gasteiger partial charge in [0.2, 0.25) is 5.72 Å². The molecule has 0 fully saturated rings. The molecule has 1 aromatic heterocycles. The molecule has 2 unspecified atom stereocenters. The Hall–Kier alpha value is -3.39. The topological polar surface area (TPSA) is 79.1 Å². The number of esters is 1. The maximum atomic E-state index is 13.5. The minimum absolute atomic E-state index is 0.197. The summed E-state index contributed by atoms with van der Waals surface area (Å²) in [6.07, 6.45) is 1.82. The molecule has 3 heterocycles. The standard InChI is InChI=1S/C23H20N2O5S/c1-23-18(21(27)29-3)19(15-6-4-5-7-16(15)30-23)25-20(26)17(31-22(25)24-23)12-13-8-10-14(28-2)11-9-13/h4-12,18-19H,1-3H3/t18?,19?,23-/m0/s1. The maximum absolute atomic E-state index is 13.5. The lowest BCUT2D eigenvalue weighted by molar-refractivity contribution is -0.158. The van der Waals surface area contributed by atoms with E-state index in [1.807, 2.05) is 54.6 Å². The van der Waals surface area contributed by atoms with Crippen molar-refractivity contribution in [1.82, 2.24) is 4.57 Å². The highest BCUT2D eigenvalue weighted by molar-refractivity contribution is 7.07. The summed E-state index contributed by atoms with van der Waals surface area (Å²) in [5, 5.41) is 0. The number of nitrogens with zero attached hydrogens (tertiary/aromatic N) is 2. The van der Waals surface area contributed by atoms with Crippen LogP contribution < -0.4 is 24.4 Å². The molecule has 0 saturated carbocycles. The minimum atomic E-state index is -1.17. The van der Waals surface area contributed by atoms with Gasteiger partial charge in [-0.3, -0.25) is 14.2 Å². The first-order valence-corrected chi connectivity index (χ1v) is 10.6. The molecule has 158 valence electrons. The van der Waals surface area contributed by atoms with E-state index in [0.29, 0.717) is 15.1 Å². The summed E-state index contributed by atoms with van der Waals surface area (Å²) in [5.74, 6) is 0.116. The number of fused-ring (bicyclic) bond motifs is 6. The van der Waals surface area contributed by atoms with Gasteiger partial charge in [-0.2, -0.15) is 0 Å². The number of benzene rings is 2. The number of carbonyl (C=O) groups excluding carboxylic acids is 1. The average Bonchev–Trinajstić information content (AvgIpc) is 3.06. The van der Waals surface area contributed by atoms with E-state index in [1.165, 1.54) is 18.4 Å². The minimum Gasteiger partial charge on any atom is -0.497 e. The van der Waals surface area contributed by atoms with Gasteiger partial charge < -0.3 is 14.2 Å². The number of rotatable bonds is 3. The second-order valence-electron chi connectivity index (χ2n) is 7.59. The van der Waals surface area contributed by atoms with Gasteiger partial charge in [0.15, 0.2) is 4.80 Å². The van der Waals surface area contributed by atoms with Gasteiger partial charge in [-0.05, 0) is 36.8 Å². The van der Waals surface area contributed by atoms with Crippen LogP contribution in [-0.2, 0) is 9.53 Å². The van der Waals surface area contributed by atoms with Crippen LogP contribution in [0.15, 0.2) is 58.3 Å². The Bertz CT molecular complexity index is 1360. The average molecular weight is 436 g/mol. The van der Waals surface area contributed by atoms with E-state index in [4.69, 9.17) is 19.2 Å². The molecule has 2 aliphatic rings. The summed E-state index contributed by atoms with van der Waals surface area (Å²) in [6, 6.07) is 14.3. The zero-order chi connectivity index (χ0) is 21.8. The second kappa shape index (κ2) is 7.09.